The molecule has 0 radical (unpaired) electrons. The third-order valence-electron chi connectivity index (χ3n) is 2.59. The van der Waals surface area contributed by atoms with Crippen LogP contribution in [0, 0.1) is 5.92 Å². The number of ether oxygens (including phenoxy) is 2. The van der Waals surface area contributed by atoms with Gasteiger partial charge in [-0.25, -0.2) is 0 Å². The minimum atomic E-state index is -0.809. The van der Waals surface area contributed by atoms with Crippen molar-refractivity contribution in [1.29, 1.82) is 0 Å². The lowest BCUT2D eigenvalue weighted by atomic mass is 9.96. The van der Waals surface area contributed by atoms with Gasteiger partial charge in [-0.05, 0) is 12.1 Å². The van der Waals surface area contributed by atoms with Gasteiger partial charge in [-0.15, -0.1) is 0 Å². The minimum Gasteiger partial charge on any atom is -0.496 e. The zero-order chi connectivity index (χ0) is 12.1. The monoisotopic (exact) mass is 226 g/mol. The van der Waals surface area contributed by atoms with Crippen molar-refractivity contribution in [3.63, 3.8) is 0 Å². The Balaban J connectivity index is 3.17. The Bertz CT molecular complexity index is 316. The van der Waals surface area contributed by atoms with Gasteiger partial charge in [0.2, 0.25) is 0 Å². The molecule has 4 heteroatoms. The Hall–Kier alpha value is -1.26. The summed E-state index contributed by atoms with van der Waals surface area (Å²) in [6, 6.07) is 5.30. The van der Waals surface area contributed by atoms with Gasteiger partial charge in [0.05, 0.1) is 25.9 Å². The standard InChI is InChI=1S/C12H18O4/c1-8(7-13)12(14)11-9(15-2)5-4-6-10(11)16-3/h4-6,8,12-14H,7H2,1-3H3/t8-,12+/m0/s1. The topological polar surface area (TPSA) is 58.9 Å². The van der Waals surface area contributed by atoms with Crippen molar-refractivity contribution in [2.45, 2.75) is 13.0 Å². The maximum absolute atomic E-state index is 10.1. The number of rotatable bonds is 5. The fourth-order valence-corrected chi connectivity index (χ4v) is 1.56. The second-order valence-electron chi connectivity index (χ2n) is 3.68. The molecule has 1 aromatic rings. The molecule has 0 amide bonds. The van der Waals surface area contributed by atoms with Crippen LogP contribution >= 0.6 is 0 Å². The van der Waals surface area contributed by atoms with Crippen LogP contribution in [0.3, 0.4) is 0 Å². The van der Waals surface area contributed by atoms with Gasteiger partial charge >= 0.3 is 0 Å². The van der Waals surface area contributed by atoms with E-state index >= 15 is 0 Å². The summed E-state index contributed by atoms with van der Waals surface area (Å²) >= 11 is 0. The molecule has 0 unspecified atom stereocenters. The molecule has 2 N–H and O–H groups in total. The van der Waals surface area contributed by atoms with Crippen molar-refractivity contribution in [3.05, 3.63) is 23.8 Å². The van der Waals surface area contributed by atoms with Gasteiger partial charge in [-0.1, -0.05) is 13.0 Å². The Morgan fingerprint density at radius 3 is 2.06 bits per heavy atom. The summed E-state index contributed by atoms with van der Waals surface area (Å²) in [6.45, 7) is 1.67. The van der Waals surface area contributed by atoms with E-state index in [0.717, 1.165) is 0 Å². The second kappa shape index (κ2) is 5.72. The highest BCUT2D eigenvalue weighted by atomic mass is 16.5. The molecule has 0 fully saturated rings. The summed E-state index contributed by atoms with van der Waals surface area (Å²) in [5.74, 6) is 0.851. The van der Waals surface area contributed by atoms with E-state index in [9.17, 15) is 5.11 Å². The molecular weight excluding hydrogens is 208 g/mol. The van der Waals surface area contributed by atoms with Crippen molar-refractivity contribution >= 4 is 0 Å². The Morgan fingerprint density at radius 2 is 1.69 bits per heavy atom. The van der Waals surface area contributed by atoms with Crippen LogP contribution in [0.4, 0.5) is 0 Å². The van der Waals surface area contributed by atoms with Gasteiger partial charge in [0, 0.05) is 12.5 Å². The van der Waals surface area contributed by atoms with E-state index in [1.54, 1.807) is 25.1 Å². The molecule has 90 valence electrons. The molecule has 0 saturated carbocycles. The molecule has 0 saturated heterocycles. The third kappa shape index (κ3) is 2.46. The first kappa shape index (κ1) is 12.8. The van der Waals surface area contributed by atoms with Crippen LogP contribution < -0.4 is 9.47 Å². The lowest BCUT2D eigenvalue weighted by molar-refractivity contribution is 0.0729. The van der Waals surface area contributed by atoms with Crippen molar-refractivity contribution < 1.29 is 19.7 Å². The number of benzene rings is 1. The lowest BCUT2D eigenvalue weighted by Gasteiger charge is -2.21. The summed E-state index contributed by atoms with van der Waals surface area (Å²) in [7, 11) is 3.07. The van der Waals surface area contributed by atoms with Crippen LogP contribution in [-0.2, 0) is 0 Å². The number of hydrogen-bond acceptors (Lipinski definition) is 4. The van der Waals surface area contributed by atoms with Crippen LogP contribution in [0.2, 0.25) is 0 Å². The smallest absolute Gasteiger partial charge is 0.128 e. The molecule has 4 nitrogen and oxygen atoms in total. The SMILES string of the molecule is COc1cccc(OC)c1[C@H](O)[C@@H](C)CO. The summed E-state index contributed by atoms with van der Waals surface area (Å²) in [5, 5.41) is 19.1. The fraction of sp³-hybridized carbons (Fsp3) is 0.500. The average molecular weight is 226 g/mol. The van der Waals surface area contributed by atoms with Crippen molar-refractivity contribution in [2.75, 3.05) is 20.8 Å². The zero-order valence-corrected chi connectivity index (χ0v) is 9.80. The Labute approximate surface area is 95.4 Å². The first-order valence-electron chi connectivity index (χ1n) is 5.15. The van der Waals surface area contributed by atoms with Gasteiger partial charge in [0.25, 0.3) is 0 Å². The normalized spacial score (nSPS) is 14.3. The van der Waals surface area contributed by atoms with E-state index in [4.69, 9.17) is 14.6 Å². The van der Waals surface area contributed by atoms with E-state index in [2.05, 4.69) is 0 Å². The largest absolute Gasteiger partial charge is 0.496 e. The molecule has 0 spiro atoms. The molecule has 0 heterocycles. The van der Waals surface area contributed by atoms with Crippen molar-refractivity contribution in [1.82, 2.24) is 0 Å². The molecule has 0 aromatic heterocycles. The van der Waals surface area contributed by atoms with Crippen LogP contribution in [0.25, 0.3) is 0 Å². The first-order valence-corrected chi connectivity index (χ1v) is 5.15. The zero-order valence-electron chi connectivity index (χ0n) is 9.80. The fourth-order valence-electron chi connectivity index (χ4n) is 1.56. The predicted molar refractivity (Wildman–Crippen MR) is 60.8 cm³/mol. The first-order chi connectivity index (χ1) is 7.65. The van der Waals surface area contributed by atoms with E-state index in [-0.39, 0.29) is 12.5 Å². The highest BCUT2D eigenvalue weighted by molar-refractivity contribution is 5.46. The van der Waals surface area contributed by atoms with Crippen LogP contribution in [-0.4, -0.2) is 31.0 Å². The van der Waals surface area contributed by atoms with Crippen molar-refractivity contribution in [3.8, 4) is 11.5 Å². The van der Waals surface area contributed by atoms with Crippen LogP contribution in [0.15, 0.2) is 18.2 Å². The van der Waals surface area contributed by atoms with Gasteiger partial charge in [-0.2, -0.15) is 0 Å². The maximum Gasteiger partial charge on any atom is 0.128 e. The predicted octanol–water partition coefficient (Wildman–Crippen LogP) is 1.37. The molecular formula is C12H18O4. The van der Waals surface area contributed by atoms with Gasteiger partial charge in [0.1, 0.15) is 11.5 Å². The quantitative estimate of drug-likeness (QED) is 0.796. The number of methoxy groups -OCH3 is 2. The molecule has 1 rings (SSSR count). The minimum absolute atomic E-state index is 0.0949. The third-order valence-corrected chi connectivity index (χ3v) is 2.59. The van der Waals surface area contributed by atoms with E-state index in [0.29, 0.717) is 17.1 Å². The van der Waals surface area contributed by atoms with Crippen LogP contribution in [0.5, 0.6) is 11.5 Å². The Morgan fingerprint density at radius 1 is 1.19 bits per heavy atom. The summed E-state index contributed by atoms with van der Waals surface area (Å²) in [6.07, 6.45) is -0.809. The second-order valence-corrected chi connectivity index (χ2v) is 3.68. The van der Waals surface area contributed by atoms with E-state index in [1.165, 1.54) is 14.2 Å². The number of aliphatic hydroxyl groups is 2. The van der Waals surface area contributed by atoms with Gasteiger partial charge in [-0.3, -0.25) is 0 Å². The summed E-state index contributed by atoms with van der Waals surface area (Å²) < 4.78 is 10.4. The molecule has 0 aliphatic rings. The Kier molecular flexibility index (Phi) is 4.58. The molecule has 0 aliphatic heterocycles. The van der Waals surface area contributed by atoms with Crippen molar-refractivity contribution in [2.24, 2.45) is 5.92 Å². The molecule has 0 aliphatic carbocycles. The van der Waals surface area contributed by atoms with E-state index < -0.39 is 6.10 Å². The molecule has 0 bridgehead atoms. The lowest BCUT2D eigenvalue weighted by Crippen LogP contribution is -2.14. The molecule has 2 atom stereocenters. The number of aliphatic hydroxyl groups excluding tert-OH is 2. The molecule has 1 aromatic carbocycles. The average Bonchev–Trinajstić information content (AvgIpc) is 2.35. The summed E-state index contributed by atoms with van der Waals surface area (Å²) in [5.41, 5.74) is 0.578. The molecule has 16 heavy (non-hydrogen) atoms. The van der Waals surface area contributed by atoms with E-state index in [1.807, 2.05) is 0 Å². The highest BCUT2D eigenvalue weighted by Gasteiger charge is 2.23. The highest BCUT2D eigenvalue weighted by Crippen LogP contribution is 2.37. The van der Waals surface area contributed by atoms with Crippen LogP contribution in [0.1, 0.15) is 18.6 Å². The van der Waals surface area contributed by atoms with Gasteiger partial charge in [0.15, 0.2) is 0 Å². The summed E-state index contributed by atoms with van der Waals surface area (Å²) in [4.78, 5) is 0. The van der Waals surface area contributed by atoms with Gasteiger partial charge < -0.3 is 19.7 Å². The number of hydrogen-bond donors (Lipinski definition) is 2. The maximum atomic E-state index is 10.1.